The summed E-state index contributed by atoms with van der Waals surface area (Å²) in [6.07, 6.45) is 0.232. The van der Waals surface area contributed by atoms with Gasteiger partial charge in [-0.05, 0) is 32.9 Å². The van der Waals surface area contributed by atoms with Crippen LogP contribution in [0.5, 0.6) is 5.75 Å². The third kappa shape index (κ3) is 27.5. The Kier molecular flexibility index (Phi) is 25.8. The van der Waals surface area contributed by atoms with E-state index < -0.39 is 5.60 Å². The Morgan fingerprint density at radius 3 is 1.18 bits per heavy atom. The summed E-state index contributed by atoms with van der Waals surface area (Å²) in [5.41, 5.74) is 5.95. The summed E-state index contributed by atoms with van der Waals surface area (Å²) in [5.74, 6) is 0.400. The summed E-state index contributed by atoms with van der Waals surface area (Å²) in [7, 11) is 0. The van der Waals surface area contributed by atoms with E-state index in [2.05, 4.69) is 0 Å². The number of para-hydroxylation sites is 2. The molecule has 13 nitrogen and oxygen atoms in total. The maximum atomic E-state index is 11.6. The second-order valence-electron chi connectivity index (χ2n) is 10.2. The molecule has 0 atom stereocenters. The minimum absolute atomic E-state index is 0.232. The van der Waals surface area contributed by atoms with Crippen LogP contribution in [0.1, 0.15) is 27.2 Å². The maximum absolute atomic E-state index is 11.6. The number of anilines is 1. The molecule has 0 aliphatic carbocycles. The topological polar surface area (TPSA) is 145 Å². The predicted molar refractivity (Wildman–Crippen MR) is 164 cm³/mol. The lowest BCUT2D eigenvalue weighted by molar-refractivity contribution is -0.156. The van der Waals surface area contributed by atoms with Gasteiger partial charge in [-0.3, -0.25) is 4.79 Å². The van der Waals surface area contributed by atoms with Crippen LogP contribution in [0, 0.1) is 0 Å². The number of benzene rings is 1. The molecule has 0 radical (unpaired) electrons. The van der Waals surface area contributed by atoms with Gasteiger partial charge in [-0.1, -0.05) is 12.1 Å². The van der Waals surface area contributed by atoms with Crippen molar-refractivity contribution in [1.29, 1.82) is 0 Å². The number of carbonyl (C=O) groups excluding carboxylic acids is 1. The fourth-order valence-electron chi connectivity index (χ4n) is 3.23. The van der Waals surface area contributed by atoms with Crippen molar-refractivity contribution in [1.82, 2.24) is 0 Å². The first-order chi connectivity index (χ1) is 21.4. The molecule has 13 heteroatoms. The van der Waals surface area contributed by atoms with Gasteiger partial charge in [-0.15, -0.1) is 0 Å². The van der Waals surface area contributed by atoms with Crippen LogP contribution in [-0.2, 0) is 52.2 Å². The summed E-state index contributed by atoms with van der Waals surface area (Å²) < 4.78 is 59.8. The van der Waals surface area contributed by atoms with Gasteiger partial charge in [0.2, 0.25) is 0 Å². The minimum atomic E-state index is -0.473. The van der Waals surface area contributed by atoms with Crippen LogP contribution in [0.2, 0.25) is 0 Å². The number of nitrogens with two attached hydrogens (primary N) is 1. The Morgan fingerprint density at radius 2 is 0.841 bits per heavy atom. The lowest BCUT2D eigenvalue weighted by atomic mass is 10.2. The van der Waals surface area contributed by atoms with Crippen LogP contribution >= 0.6 is 0 Å². The summed E-state index contributed by atoms with van der Waals surface area (Å²) in [6, 6.07) is 7.37. The van der Waals surface area contributed by atoms with E-state index in [1.54, 1.807) is 6.07 Å². The monoisotopic (exact) mass is 633 g/mol. The van der Waals surface area contributed by atoms with Crippen molar-refractivity contribution in [2.75, 3.05) is 131 Å². The van der Waals surface area contributed by atoms with Crippen LogP contribution in [0.4, 0.5) is 5.69 Å². The number of hydrogen-bond acceptors (Lipinski definition) is 13. The lowest BCUT2D eigenvalue weighted by Gasteiger charge is -2.19. The SMILES string of the molecule is CC(C)(C)OC(=O)CCOCCOCCOCCOCCOCCOCCOCCOCCOCCOc1ccccc1N. The van der Waals surface area contributed by atoms with Crippen molar-refractivity contribution < 1.29 is 56.9 Å². The molecule has 0 fully saturated rings. The molecule has 1 rings (SSSR count). The number of nitrogen functional groups attached to an aromatic ring is 1. The second-order valence-corrected chi connectivity index (χ2v) is 10.2. The van der Waals surface area contributed by atoms with E-state index in [1.807, 2.05) is 39.0 Å². The van der Waals surface area contributed by atoms with Crippen molar-refractivity contribution in [2.45, 2.75) is 32.8 Å². The molecular weight excluding hydrogens is 578 g/mol. The molecule has 0 spiro atoms. The van der Waals surface area contributed by atoms with Gasteiger partial charge in [0.25, 0.3) is 0 Å². The van der Waals surface area contributed by atoms with Crippen molar-refractivity contribution in [3.63, 3.8) is 0 Å². The van der Waals surface area contributed by atoms with Crippen molar-refractivity contribution in [3.8, 4) is 5.75 Å². The molecule has 0 aliphatic rings. The Hall–Kier alpha value is -2.07. The Balaban J connectivity index is 1.66. The van der Waals surface area contributed by atoms with Gasteiger partial charge in [-0.25, -0.2) is 0 Å². The molecule has 0 saturated carbocycles. The summed E-state index contributed by atoms with van der Waals surface area (Å²) in [4.78, 5) is 11.6. The third-order valence-corrected chi connectivity index (χ3v) is 5.25. The van der Waals surface area contributed by atoms with Crippen molar-refractivity contribution >= 4 is 11.7 Å². The van der Waals surface area contributed by atoms with Gasteiger partial charge >= 0.3 is 5.97 Å². The average Bonchev–Trinajstić information content (AvgIpc) is 2.98. The van der Waals surface area contributed by atoms with Gasteiger partial charge in [0.15, 0.2) is 0 Å². The van der Waals surface area contributed by atoms with E-state index in [0.717, 1.165) is 0 Å². The molecule has 44 heavy (non-hydrogen) atoms. The molecule has 1 aromatic carbocycles. The van der Waals surface area contributed by atoms with E-state index in [4.69, 9.17) is 57.8 Å². The highest BCUT2D eigenvalue weighted by atomic mass is 16.6. The zero-order valence-electron chi connectivity index (χ0n) is 26.9. The number of rotatable bonds is 31. The summed E-state index contributed by atoms with van der Waals surface area (Å²) in [5, 5.41) is 0. The van der Waals surface area contributed by atoms with Gasteiger partial charge in [0, 0.05) is 0 Å². The zero-order valence-corrected chi connectivity index (χ0v) is 26.9. The minimum Gasteiger partial charge on any atom is -0.489 e. The number of hydrogen-bond donors (Lipinski definition) is 1. The smallest absolute Gasteiger partial charge is 0.308 e. The number of esters is 1. The Bertz CT molecular complexity index is 793. The highest BCUT2D eigenvalue weighted by Crippen LogP contribution is 2.19. The maximum Gasteiger partial charge on any atom is 0.308 e. The van der Waals surface area contributed by atoms with E-state index >= 15 is 0 Å². The standard InChI is InChI=1S/C31H55NO12/c1-31(2,3)44-30(33)8-9-34-10-11-35-12-13-36-14-15-37-16-17-38-18-19-39-20-21-40-22-23-41-24-25-42-26-27-43-29-7-5-4-6-28(29)32/h4-7H,8-27,32H2,1-3H3. The van der Waals surface area contributed by atoms with Crippen LogP contribution in [0.3, 0.4) is 0 Å². The quantitative estimate of drug-likeness (QED) is 0.0727. The first kappa shape index (κ1) is 40.0. The van der Waals surface area contributed by atoms with Gasteiger partial charge in [-0.2, -0.15) is 0 Å². The molecule has 2 N–H and O–H groups in total. The highest BCUT2D eigenvalue weighted by Gasteiger charge is 2.15. The lowest BCUT2D eigenvalue weighted by Crippen LogP contribution is -2.24. The molecule has 0 aliphatic heterocycles. The van der Waals surface area contributed by atoms with Gasteiger partial charge in [0.05, 0.1) is 131 Å². The molecule has 0 unspecified atom stereocenters. The second kappa shape index (κ2) is 28.4. The number of ether oxygens (including phenoxy) is 11. The average molecular weight is 634 g/mol. The summed E-state index contributed by atoms with van der Waals surface area (Å²) in [6.45, 7) is 14.5. The van der Waals surface area contributed by atoms with Crippen LogP contribution in [0.15, 0.2) is 24.3 Å². The van der Waals surface area contributed by atoms with Gasteiger partial charge < -0.3 is 57.8 Å². The highest BCUT2D eigenvalue weighted by molar-refractivity contribution is 5.69. The molecule has 0 amide bonds. The van der Waals surface area contributed by atoms with E-state index in [-0.39, 0.29) is 12.4 Å². The van der Waals surface area contributed by atoms with Crippen LogP contribution in [-0.4, -0.2) is 137 Å². The third-order valence-electron chi connectivity index (χ3n) is 5.25. The molecule has 1 aromatic rings. The first-order valence-corrected chi connectivity index (χ1v) is 15.3. The molecule has 0 aromatic heterocycles. The zero-order chi connectivity index (χ0) is 32.0. The van der Waals surface area contributed by atoms with E-state index in [9.17, 15) is 4.79 Å². The normalized spacial score (nSPS) is 11.6. The molecule has 0 bridgehead atoms. The summed E-state index contributed by atoms with van der Waals surface area (Å²) >= 11 is 0. The Morgan fingerprint density at radius 1 is 0.523 bits per heavy atom. The first-order valence-electron chi connectivity index (χ1n) is 15.3. The number of carbonyl (C=O) groups is 1. The fourth-order valence-corrected chi connectivity index (χ4v) is 3.23. The predicted octanol–water partition coefficient (Wildman–Crippen LogP) is 2.53. The molecule has 256 valence electrons. The Labute approximate surface area is 262 Å². The largest absolute Gasteiger partial charge is 0.489 e. The van der Waals surface area contributed by atoms with Crippen LogP contribution < -0.4 is 10.5 Å². The molecule has 0 saturated heterocycles. The fraction of sp³-hybridized carbons (Fsp3) is 0.774. The van der Waals surface area contributed by atoms with Gasteiger partial charge in [0.1, 0.15) is 18.0 Å². The van der Waals surface area contributed by atoms with E-state index in [0.29, 0.717) is 137 Å². The van der Waals surface area contributed by atoms with Crippen molar-refractivity contribution in [2.24, 2.45) is 0 Å². The molecule has 0 heterocycles. The van der Waals surface area contributed by atoms with Crippen molar-refractivity contribution in [3.05, 3.63) is 24.3 Å². The molecular formula is C31H55NO12. The van der Waals surface area contributed by atoms with E-state index in [1.165, 1.54) is 0 Å². The van der Waals surface area contributed by atoms with Crippen LogP contribution in [0.25, 0.3) is 0 Å².